The molecule has 1 heterocycles. The smallest absolute Gasteiger partial charge is 0.321 e. The summed E-state index contributed by atoms with van der Waals surface area (Å²) in [5, 5.41) is 7.57. The number of anilines is 1. The van der Waals surface area contributed by atoms with E-state index in [1.54, 1.807) is 30.3 Å². The molecule has 0 aliphatic rings. The van der Waals surface area contributed by atoms with Gasteiger partial charge in [-0.2, -0.15) is 0 Å². The number of halogens is 1. The predicted octanol–water partition coefficient (Wildman–Crippen LogP) is 2.13. The minimum absolute atomic E-state index is 0.0963. The Hall–Kier alpha value is -2.78. The molecule has 0 saturated carbocycles. The van der Waals surface area contributed by atoms with Crippen molar-refractivity contribution in [2.45, 2.75) is 13.0 Å². The summed E-state index contributed by atoms with van der Waals surface area (Å²) < 4.78 is 0.821. The van der Waals surface area contributed by atoms with Crippen LogP contribution in [-0.2, 0) is 16.1 Å². The van der Waals surface area contributed by atoms with Gasteiger partial charge in [-0.15, -0.1) is 0 Å². The molecule has 0 radical (unpaired) electrons. The topological polar surface area (TPSA) is 103 Å². The number of aromatic nitrogens is 1. The molecule has 9 heteroatoms. The molecule has 8 nitrogen and oxygen atoms in total. The molecule has 0 aliphatic carbocycles. The van der Waals surface area contributed by atoms with E-state index in [9.17, 15) is 14.4 Å². The van der Waals surface area contributed by atoms with Crippen LogP contribution in [0.5, 0.6) is 0 Å². The van der Waals surface area contributed by atoms with Gasteiger partial charge in [0, 0.05) is 30.2 Å². The maximum absolute atomic E-state index is 12.0. The van der Waals surface area contributed by atoms with Crippen LogP contribution in [0.4, 0.5) is 10.6 Å². The van der Waals surface area contributed by atoms with Crippen molar-refractivity contribution in [3.8, 4) is 0 Å². The van der Waals surface area contributed by atoms with E-state index in [-0.39, 0.29) is 18.9 Å². The van der Waals surface area contributed by atoms with Gasteiger partial charge in [0.1, 0.15) is 5.82 Å². The van der Waals surface area contributed by atoms with Gasteiger partial charge in [-0.25, -0.2) is 9.78 Å². The molecule has 3 N–H and O–H groups in total. The molecular weight excluding hydrogens is 426 g/mol. The molecule has 0 atom stereocenters. The summed E-state index contributed by atoms with van der Waals surface area (Å²) in [6.45, 7) is 0.772. The number of carbonyl (C=O) groups is 3. The monoisotopic (exact) mass is 447 g/mol. The Morgan fingerprint density at radius 3 is 2.50 bits per heavy atom. The molecule has 28 heavy (non-hydrogen) atoms. The lowest BCUT2D eigenvalue weighted by Crippen LogP contribution is -2.40. The maximum Gasteiger partial charge on any atom is 0.321 e. The average Bonchev–Trinajstić information content (AvgIpc) is 2.67. The van der Waals surface area contributed by atoms with Crippen molar-refractivity contribution in [2.24, 2.45) is 0 Å². The number of hydrogen-bond donors (Lipinski definition) is 3. The Labute approximate surface area is 171 Å². The van der Waals surface area contributed by atoms with E-state index < -0.39 is 11.9 Å². The normalized spacial score (nSPS) is 10.4. The molecule has 4 amide bonds. The first-order valence-corrected chi connectivity index (χ1v) is 9.43. The Kier molecular flexibility index (Phi) is 8.57. The summed E-state index contributed by atoms with van der Waals surface area (Å²) in [7, 11) is 1.72. The Morgan fingerprint density at radius 1 is 1.07 bits per heavy atom. The number of likely N-dealkylation sites (N-methyl/N-ethyl adjacent to an activating group) is 1. The van der Waals surface area contributed by atoms with Gasteiger partial charge >= 0.3 is 6.03 Å². The lowest BCUT2D eigenvalue weighted by atomic mass is 10.2. The van der Waals surface area contributed by atoms with E-state index in [4.69, 9.17) is 0 Å². The number of amides is 4. The molecular formula is C19H22BrN5O3. The molecule has 0 aliphatic heterocycles. The van der Waals surface area contributed by atoms with E-state index in [1.807, 2.05) is 30.3 Å². The molecule has 2 rings (SSSR count). The van der Waals surface area contributed by atoms with Gasteiger partial charge in [0.2, 0.25) is 11.8 Å². The molecule has 1 aromatic heterocycles. The van der Waals surface area contributed by atoms with Crippen molar-refractivity contribution in [1.82, 2.24) is 20.5 Å². The number of carbonyl (C=O) groups excluding carboxylic acids is 3. The van der Waals surface area contributed by atoms with Gasteiger partial charge in [0.05, 0.1) is 6.54 Å². The molecule has 0 unspecified atom stereocenters. The van der Waals surface area contributed by atoms with Gasteiger partial charge in [-0.05, 0) is 40.7 Å². The first kappa shape index (κ1) is 21.5. The second-order valence-electron chi connectivity index (χ2n) is 6.11. The van der Waals surface area contributed by atoms with Crippen LogP contribution < -0.4 is 16.0 Å². The Bertz CT molecular complexity index is 799. The van der Waals surface area contributed by atoms with Crippen molar-refractivity contribution >= 4 is 39.6 Å². The Balaban J connectivity index is 1.63. The minimum Gasteiger partial charge on any atom is -0.334 e. The third kappa shape index (κ3) is 8.28. The summed E-state index contributed by atoms with van der Waals surface area (Å²) >= 11 is 3.27. The average molecular weight is 448 g/mol. The predicted molar refractivity (Wildman–Crippen MR) is 110 cm³/mol. The molecule has 148 valence electrons. The summed E-state index contributed by atoms with van der Waals surface area (Å²) in [6.07, 6.45) is 1.69. The number of urea groups is 1. The number of pyridine rings is 1. The highest BCUT2D eigenvalue weighted by Gasteiger charge is 2.11. The van der Waals surface area contributed by atoms with Crippen LogP contribution >= 0.6 is 15.9 Å². The number of benzene rings is 1. The van der Waals surface area contributed by atoms with Crippen molar-refractivity contribution < 1.29 is 14.4 Å². The highest BCUT2D eigenvalue weighted by atomic mass is 79.9. The number of hydrogen-bond acceptors (Lipinski definition) is 5. The van der Waals surface area contributed by atoms with Gasteiger partial charge in [0.25, 0.3) is 0 Å². The van der Waals surface area contributed by atoms with E-state index >= 15 is 0 Å². The second-order valence-corrected chi connectivity index (χ2v) is 7.03. The fourth-order valence-corrected chi connectivity index (χ4v) is 2.49. The zero-order chi connectivity index (χ0) is 20.4. The van der Waals surface area contributed by atoms with Gasteiger partial charge in [0.15, 0.2) is 0 Å². The van der Waals surface area contributed by atoms with Crippen molar-refractivity contribution in [3.63, 3.8) is 0 Å². The number of nitrogens with zero attached hydrogens (tertiary/aromatic N) is 2. The van der Waals surface area contributed by atoms with Crippen LogP contribution in [0.3, 0.4) is 0 Å². The van der Waals surface area contributed by atoms with Crippen LogP contribution in [0, 0.1) is 0 Å². The van der Waals surface area contributed by atoms with Crippen LogP contribution in [0.25, 0.3) is 0 Å². The number of nitrogens with one attached hydrogen (secondary N) is 3. The molecule has 2 aromatic rings. The molecule has 0 fully saturated rings. The molecule has 0 spiro atoms. The molecule has 1 aromatic carbocycles. The van der Waals surface area contributed by atoms with Crippen molar-refractivity contribution in [2.75, 3.05) is 25.5 Å². The fourth-order valence-electron chi connectivity index (χ4n) is 2.26. The van der Waals surface area contributed by atoms with Crippen LogP contribution in [0.2, 0.25) is 0 Å². The van der Waals surface area contributed by atoms with Crippen LogP contribution in [0.15, 0.2) is 53.1 Å². The number of rotatable bonds is 8. The largest absolute Gasteiger partial charge is 0.334 e. The van der Waals surface area contributed by atoms with Crippen molar-refractivity contribution in [1.29, 1.82) is 0 Å². The third-order valence-electron chi connectivity index (χ3n) is 3.68. The first-order chi connectivity index (χ1) is 13.4. The first-order valence-electron chi connectivity index (χ1n) is 8.64. The highest BCUT2D eigenvalue weighted by molar-refractivity contribution is 9.10. The van der Waals surface area contributed by atoms with Crippen molar-refractivity contribution in [3.05, 3.63) is 58.7 Å². The zero-order valence-corrected chi connectivity index (χ0v) is 17.0. The number of imide groups is 1. The molecule has 0 bridgehead atoms. The highest BCUT2D eigenvalue weighted by Crippen LogP contribution is 2.10. The lowest BCUT2D eigenvalue weighted by Gasteiger charge is -2.15. The summed E-state index contributed by atoms with van der Waals surface area (Å²) in [4.78, 5) is 41.3. The summed E-state index contributed by atoms with van der Waals surface area (Å²) in [5.74, 6) is -0.194. The van der Waals surface area contributed by atoms with E-state index in [1.165, 1.54) is 0 Å². The van der Waals surface area contributed by atoms with E-state index in [2.05, 4.69) is 36.9 Å². The van der Waals surface area contributed by atoms with Gasteiger partial charge < -0.3 is 10.6 Å². The fraction of sp³-hybridized carbons (Fsp3) is 0.263. The summed E-state index contributed by atoms with van der Waals surface area (Å²) in [5.41, 5.74) is 0.941. The second kappa shape index (κ2) is 11.2. The third-order valence-corrected chi connectivity index (χ3v) is 4.15. The standard InChI is InChI=1S/C19H22BrN5O3/c1-25(13-18(27)23-16-8-7-15(20)12-21-16)10-9-17(26)24-19(28)22-11-14-5-3-2-4-6-14/h2-8,12H,9-11,13H2,1H3,(H,21,23,27)(H2,22,24,26,28). The summed E-state index contributed by atoms with van der Waals surface area (Å²) in [6, 6.07) is 12.3. The Morgan fingerprint density at radius 2 is 1.82 bits per heavy atom. The quantitative estimate of drug-likeness (QED) is 0.574. The van der Waals surface area contributed by atoms with E-state index in [0.717, 1.165) is 10.0 Å². The van der Waals surface area contributed by atoms with Gasteiger partial charge in [-0.3, -0.25) is 19.8 Å². The van der Waals surface area contributed by atoms with Crippen LogP contribution in [0.1, 0.15) is 12.0 Å². The van der Waals surface area contributed by atoms with E-state index in [0.29, 0.717) is 18.9 Å². The zero-order valence-electron chi connectivity index (χ0n) is 15.4. The minimum atomic E-state index is -0.546. The lowest BCUT2D eigenvalue weighted by molar-refractivity contribution is -0.121. The van der Waals surface area contributed by atoms with Gasteiger partial charge in [-0.1, -0.05) is 30.3 Å². The van der Waals surface area contributed by atoms with Crippen LogP contribution in [-0.4, -0.2) is 47.9 Å². The SMILES string of the molecule is CN(CCC(=O)NC(=O)NCc1ccccc1)CC(=O)Nc1ccc(Br)cn1. The molecule has 0 saturated heterocycles. The maximum atomic E-state index is 12.0.